The largest absolute Gasteiger partial charge is 0.379 e. The average molecular weight is 242 g/mol. The number of carbonyl (C=O) groups is 1. The highest BCUT2D eigenvalue weighted by molar-refractivity contribution is 5.83. The molecule has 0 aromatic rings. The Kier molecular flexibility index (Phi) is 6.70. The summed E-state index contributed by atoms with van der Waals surface area (Å²) in [6.45, 7) is 8.73. The van der Waals surface area contributed by atoms with Gasteiger partial charge in [-0.25, -0.2) is 0 Å². The molecule has 1 saturated heterocycles. The number of hydrogen-bond donors (Lipinski definition) is 1. The van der Waals surface area contributed by atoms with Crippen molar-refractivity contribution in [2.75, 3.05) is 32.8 Å². The lowest BCUT2D eigenvalue weighted by molar-refractivity contribution is -0.121. The minimum absolute atomic E-state index is 0.215. The second-order valence-corrected chi connectivity index (χ2v) is 4.94. The minimum atomic E-state index is -0.273. The molecule has 100 valence electrons. The molecule has 0 aromatic carbocycles. The maximum absolute atomic E-state index is 11.8. The summed E-state index contributed by atoms with van der Waals surface area (Å²) in [4.78, 5) is 14.2. The van der Waals surface area contributed by atoms with E-state index in [1.807, 2.05) is 6.92 Å². The van der Waals surface area contributed by atoms with Crippen LogP contribution in [0.5, 0.6) is 0 Å². The van der Waals surface area contributed by atoms with Gasteiger partial charge in [-0.1, -0.05) is 20.3 Å². The van der Waals surface area contributed by atoms with Gasteiger partial charge in [0.15, 0.2) is 0 Å². The van der Waals surface area contributed by atoms with Crippen LogP contribution in [0.2, 0.25) is 0 Å². The van der Waals surface area contributed by atoms with Gasteiger partial charge < -0.3 is 10.5 Å². The summed E-state index contributed by atoms with van der Waals surface area (Å²) in [7, 11) is 0. The second kappa shape index (κ2) is 7.80. The van der Waals surface area contributed by atoms with E-state index in [1.54, 1.807) is 0 Å². The van der Waals surface area contributed by atoms with Crippen LogP contribution in [0, 0.1) is 5.92 Å². The van der Waals surface area contributed by atoms with E-state index in [1.165, 1.54) is 0 Å². The van der Waals surface area contributed by atoms with Crippen LogP contribution in [-0.2, 0) is 9.53 Å². The number of morpholine rings is 1. The molecule has 0 saturated carbocycles. The lowest BCUT2D eigenvalue weighted by Gasteiger charge is -2.26. The average Bonchev–Trinajstić information content (AvgIpc) is 2.38. The van der Waals surface area contributed by atoms with E-state index in [9.17, 15) is 4.79 Å². The maximum atomic E-state index is 11.8. The van der Waals surface area contributed by atoms with Crippen molar-refractivity contribution in [3.63, 3.8) is 0 Å². The van der Waals surface area contributed by atoms with Crippen LogP contribution in [0.25, 0.3) is 0 Å². The first-order valence-corrected chi connectivity index (χ1v) is 6.73. The smallest absolute Gasteiger partial charge is 0.149 e. The quantitative estimate of drug-likeness (QED) is 0.725. The number of ether oxygens (including phenoxy) is 1. The minimum Gasteiger partial charge on any atom is -0.379 e. The Labute approximate surface area is 104 Å². The lowest BCUT2D eigenvalue weighted by atomic mass is 9.94. The van der Waals surface area contributed by atoms with Gasteiger partial charge in [0.05, 0.1) is 19.3 Å². The van der Waals surface area contributed by atoms with Crippen molar-refractivity contribution in [2.24, 2.45) is 11.7 Å². The molecule has 0 unspecified atom stereocenters. The number of nitrogens with zero attached hydrogens (tertiary/aromatic N) is 1. The van der Waals surface area contributed by atoms with E-state index in [0.717, 1.165) is 45.7 Å². The third-order valence-electron chi connectivity index (χ3n) is 3.63. The second-order valence-electron chi connectivity index (χ2n) is 4.94. The summed E-state index contributed by atoms with van der Waals surface area (Å²) in [5.41, 5.74) is 5.91. The van der Waals surface area contributed by atoms with Crippen molar-refractivity contribution in [2.45, 2.75) is 39.2 Å². The summed E-state index contributed by atoms with van der Waals surface area (Å²) in [6.07, 6.45) is 2.50. The van der Waals surface area contributed by atoms with Gasteiger partial charge in [0.1, 0.15) is 5.78 Å². The Balaban J connectivity index is 2.14. The highest BCUT2D eigenvalue weighted by Gasteiger charge is 2.19. The van der Waals surface area contributed by atoms with Gasteiger partial charge in [0, 0.05) is 19.5 Å². The first-order valence-electron chi connectivity index (χ1n) is 6.73. The zero-order valence-corrected chi connectivity index (χ0v) is 11.2. The molecule has 0 amide bonds. The molecule has 2 N–H and O–H groups in total. The van der Waals surface area contributed by atoms with Crippen molar-refractivity contribution in [1.29, 1.82) is 0 Å². The van der Waals surface area contributed by atoms with Gasteiger partial charge >= 0.3 is 0 Å². The zero-order valence-electron chi connectivity index (χ0n) is 11.2. The summed E-state index contributed by atoms with van der Waals surface area (Å²) in [5.74, 6) is 0.512. The fourth-order valence-electron chi connectivity index (χ4n) is 2.04. The molecule has 1 rings (SSSR count). The third-order valence-corrected chi connectivity index (χ3v) is 3.63. The van der Waals surface area contributed by atoms with Gasteiger partial charge in [-0.15, -0.1) is 0 Å². The molecule has 1 aliphatic rings. The summed E-state index contributed by atoms with van der Waals surface area (Å²) in [6, 6.07) is -0.273. The van der Waals surface area contributed by atoms with Crippen LogP contribution in [0.4, 0.5) is 0 Å². The van der Waals surface area contributed by atoms with Gasteiger partial charge in [-0.2, -0.15) is 0 Å². The lowest BCUT2D eigenvalue weighted by Crippen LogP contribution is -2.39. The van der Waals surface area contributed by atoms with Gasteiger partial charge in [0.25, 0.3) is 0 Å². The van der Waals surface area contributed by atoms with Gasteiger partial charge in [-0.05, 0) is 18.9 Å². The SMILES string of the molecule is CC[C@@H](C)[C@@H](N)C(=O)CCCN1CCOCC1. The van der Waals surface area contributed by atoms with E-state index in [0.29, 0.717) is 12.3 Å². The van der Waals surface area contributed by atoms with Crippen LogP contribution in [-0.4, -0.2) is 49.6 Å². The molecular weight excluding hydrogens is 216 g/mol. The van der Waals surface area contributed by atoms with Crippen LogP contribution in [0.15, 0.2) is 0 Å². The standard InChI is InChI=1S/C13H26N2O2/c1-3-11(2)13(14)12(16)5-4-6-15-7-9-17-10-8-15/h11,13H,3-10,14H2,1-2H3/t11-,13-/m1/s1. The molecule has 1 heterocycles. The van der Waals surface area contributed by atoms with Crippen molar-refractivity contribution in [3.05, 3.63) is 0 Å². The molecule has 1 fully saturated rings. The van der Waals surface area contributed by atoms with Crippen molar-refractivity contribution in [1.82, 2.24) is 4.90 Å². The fourth-order valence-corrected chi connectivity index (χ4v) is 2.04. The molecule has 0 bridgehead atoms. The number of hydrogen-bond acceptors (Lipinski definition) is 4. The Morgan fingerprint density at radius 1 is 1.41 bits per heavy atom. The van der Waals surface area contributed by atoms with Gasteiger partial charge in [0.2, 0.25) is 0 Å². The van der Waals surface area contributed by atoms with E-state index in [2.05, 4.69) is 11.8 Å². The zero-order chi connectivity index (χ0) is 12.7. The molecule has 0 aromatic heterocycles. The van der Waals surface area contributed by atoms with E-state index in [-0.39, 0.29) is 11.8 Å². The molecule has 0 radical (unpaired) electrons. The summed E-state index contributed by atoms with van der Waals surface area (Å²) in [5, 5.41) is 0. The van der Waals surface area contributed by atoms with Crippen LogP contribution in [0.1, 0.15) is 33.1 Å². The van der Waals surface area contributed by atoms with Crippen LogP contribution < -0.4 is 5.73 Å². The molecule has 4 heteroatoms. The number of carbonyl (C=O) groups excluding carboxylic acids is 1. The Morgan fingerprint density at radius 3 is 2.65 bits per heavy atom. The maximum Gasteiger partial charge on any atom is 0.149 e. The van der Waals surface area contributed by atoms with E-state index >= 15 is 0 Å². The topological polar surface area (TPSA) is 55.6 Å². The van der Waals surface area contributed by atoms with Crippen molar-refractivity contribution < 1.29 is 9.53 Å². The Bertz CT molecular complexity index is 227. The van der Waals surface area contributed by atoms with E-state index < -0.39 is 0 Å². The van der Waals surface area contributed by atoms with Gasteiger partial charge in [-0.3, -0.25) is 9.69 Å². The van der Waals surface area contributed by atoms with Crippen LogP contribution >= 0.6 is 0 Å². The highest BCUT2D eigenvalue weighted by Crippen LogP contribution is 2.09. The number of rotatable bonds is 7. The summed E-state index contributed by atoms with van der Waals surface area (Å²) >= 11 is 0. The fraction of sp³-hybridized carbons (Fsp3) is 0.923. The predicted octanol–water partition coefficient (Wildman–Crippen LogP) is 1.04. The van der Waals surface area contributed by atoms with Crippen molar-refractivity contribution in [3.8, 4) is 0 Å². The third kappa shape index (κ3) is 5.15. The first-order chi connectivity index (χ1) is 8.15. The molecule has 17 heavy (non-hydrogen) atoms. The highest BCUT2D eigenvalue weighted by atomic mass is 16.5. The molecule has 2 atom stereocenters. The van der Waals surface area contributed by atoms with Crippen LogP contribution in [0.3, 0.4) is 0 Å². The number of ketones is 1. The Hall–Kier alpha value is -0.450. The first kappa shape index (κ1) is 14.6. The molecule has 0 spiro atoms. The molecular formula is C13H26N2O2. The molecule has 4 nitrogen and oxygen atoms in total. The summed E-state index contributed by atoms with van der Waals surface area (Å²) < 4.78 is 5.28. The van der Waals surface area contributed by atoms with Crippen molar-refractivity contribution >= 4 is 5.78 Å². The predicted molar refractivity (Wildman–Crippen MR) is 68.9 cm³/mol. The molecule has 0 aliphatic carbocycles. The molecule has 1 aliphatic heterocycles. The monoisotopic (exact) mass is 242 g/mol. The Morgan fingerprint density at radius 2 is 2.06 bits per heavy atom. The van der Waals surface area contributed by atoms with E-state index in [4.69, 9.17) is 10.5 Å². The normalized spacial score (nSPS) is 21.1. The number of Topliss-reactive ketones (excluding diaryl/α,β-unsaturated/α-hetero) is 1. The number of nitrogens with two attached hydrogens (primary N) is 1.